The van der Waals surface area contributed by atoms with Crippen LogP contribution in [0.3, 0.4) is 0 Å². The van der Waals surface area contributed by atoms with E-state index in [1.54, 1.807) is 18.4 Å². The zero-order valence-electron chi connectivity index (χ0n) is 22.3. The van der Waals surface area contributed by atoms with Crippen molar-refractivity contribution < 1.29 is 24.0 Å². The van der Waals surface area contributed by atoms with Crippen LogP contribution in [0, 0.1) is 0 Å². The fourth-order valence-corrected chi connectivity index (χ4v) is 5.65. The Labute approximate surface area is 228 Å². The molecule has 0 bridgehead atoms. The highest BCUT2D eigenvalue weighted by molar-refractivity contribution is 7.22. The molecule has 0 atom stereocenters. The molecule has 1 aromatic heterocycles. The molecule has 200 valence electrons. The van der Waals surface area contributed by atoms with E-state index in [-0.39, 0.29) is 6.10 Å². The van der Waals surface area contributed by atoms with E-state index < -0.39 is 0 Å². The van der Waals surface area contributed by atoms with Gasteiger partial charge in [0, 0.05) is 22.7 Å². The van der Waals surface area contributed by atoms with Crippen LogP contribution in [-0.4, -0.2) is 44.4 Å². The van der Waals surface area contributed by atoms with Gasteiger partial charge in [0.2, 0.25) is 0 Å². The second-order valence-corrected chi connectivity index (χ2v) is 10.8. The maximum Gasteiger partial charge on any atom is 0.166 e. The van der Waals surface area contributed by atoms with Crippen LogP contribution < -0.4 is 19.1 Å². The summed E-state index contributed by atoms with van der Waals surface area (Å²) in [7, 11) is 1.67. The van der Waals surface area contributed by atoms with E-state index in [1.807, 2.05) is 68.4 Å². The minimum absolute atomic E-state index is 0.0282. The van der Waals surface area contributed by atoms with Gasteiger partial charge in [-0.25, -0.2) is 0 Å². The third kappa shape index (κ3) is 6.59. The van der Waals surface area contributed by atoms with Crippen molar-refractivity contribution in [1.82, 2.24) is 4.90 Å². The van der Waals surface area contributed by atoms with Crippen LogP contribution in [0.5, 0.6) is 28.7 Å². The molecule has 5 rings (SSSR count). The van der Waals surface area contributed by atoms with E-state index in [4.69, 9.17) is 24.0 Å². The summed E-state index contributed by atoms with van der Waals surface area (Å²) in [6, 6.07) is 21.8. The molecule has 0 radical (unpaired) electrons. The van der Waals surface area contributed by atoms with Gasteiger partial charge in [-0.3, -0.25) is 4.90 Å². The number of piperidine rings is 1. The number of benzene rings is 3. The number of fused-ring (bicyclic) bond motifs is 1. The molecule has 0 N–H and O–H groups in total. The van der Waals surface area contributed by atoms with E-state index in [0.717, 1.165) is 50.1 Å². The lowest BCUT2D eigenvalue weighted by Gasteiger charge is -2.26. The van der Waals surface area contributed by atoms with E-state index in [9.17, 15) is 0 Å². The second kappa shape index (κ2) is 12.5. The molecule has 7 heteroatoms. The molecule has 0 amide bonds. The SMILES string of the molecule is COc1ccc(-c2sc3cc(OOC(C)C)ccc3c2Oc2ccc(OCCN3CCCCC3)cc2)cc1. The van der Waals surface area contributed by atoms with Crippen LogP contribution >= 0.6 is 11.3 Å². The summed E-state index contributed by atoms with van der Waals surface area (Å²) in [6.07, 6.45) is 3.91. The third-order valence-electron chi connectivity index (χ3n) is 6.47. The molecule has 1 aliphatic rings. The molecule has 0 spiro atoms. The summed E-state index contributed by atoms with van der Waals surface area (Å²) in [6.45, 7) is 7.89. The number of ether oxygens (including phenoxy) is 3. The number of hydrogen-bond donors (Lipinski definition) is 0. The minimum atomic E-state index is -0.0282. The standard InChI is InChI=1S/C31H35NO5S/c1-22(2)36-37-27-15-16-28-29(21-27)38-31(23-7-9-24(33-3)10-8-23)30(28)35-26-13-11-25(12-14-26)34-20-19-32-17-5-4-6-18-32/h7-16,21-22H,4-6,17-20H2,1-3H3. The van der Waals surface area contributed by atoms with Gasteiger partial charge >= 0.3 is 0 Å². The van der Waals surface area contributed by atoms with Crippen molar-refractivity contribution in [3.8, 4) is 39.2 Å². The van der Waals surface area contributed by atoms with Gasteiger partial charge in [0.25, 0.3) is 0 Å². The lowest BCUT2D eigenvalue weighted by Crippen LogP contribution is -2.33. The van der Waals surface area contributed by atoms with Crippen molar-refractivity contribution in [3.63, 3.8) is 0 Å². The smallest absolute Gasteiger partial charge is 0.166 e. The van der Waals surface area contributed by atoms with Gasteiger partial charge in [-0.1, -0.05) is 6.42 Å². The number of likely N-dealkylation sites (tertiary alicyclic amines) is 1. The molecular weight excluding hydrogens is 498 g/mol. The van der Waals surface area contributed by atoms with Gasteiger partial charge in [-0.05, 0) is 106 Å². The monoisotopic (exact) mass is 533 g/mol. The normalized spacial score (nSPS) is 14.1. The number of rotatable bonds is 11. The Morgan fingerprint density at radius 1 is 0.816 bits per heavy atom. The molecular formula is C31H35NO5S. The van der Waals surface area contributed by atoms with Crippen LogP contribution in [0.2, 0.25) is 0 Å². The largest absolute Gasteiger partial charge is 0.497 e. The maximum absolute atomic E-state index is 6.51. The Morgan fingerprint density at radius 2 is 1.50 bits per heavy atom. The fourth-order valence-electron chi connectivity index (χ4n) is 4.49. The van der Waals surface area contributed by atoms with Crippen molar-refractivity contribution in [2.24, 2.45) is 0 Å². The molecule has 3 aromatic carbocycles. The first-order chi connectivity index (χ1) is 18.6. The van der Waals surface area contributed by atoms with Crippen molar-refractivity contribution in [2.45, 2.75) is 39.2 Å². The first kappa shape index (κ1) is 26.4. The minimum Gasteiger partial charge on any atom is -0.497 e. The molecule has 1 aliphatic heterocycles. The van der Waals surface area contributed by atoms with E-state index >= 15 is 0 Å². The first-order valence-electron chi connectivity index (χ1n) is 13.3. The molecule has 1 saturated heterocycles. The molecule has 4 aromatic rings. The maximum atomic E-state index is 6.51. The summed E-state index contributed by atoms with van der Waals surface area (Å²) in [5, 5.41) is 1.01. The van der Waals surface area contributed by atoms with Crippen molar-refractivity contribution in [3.05, 3.63) is 66.7 Å². The predicted molar refractivity (Wildman–Crippen MR) is 153 cm³/mol. The summed E-state index contributed by atoms with van der Waals surface area (Å²) in [4.78, 5) is 14.3. The van der Waals surface area contributed by atoms with Crippen molar-refractivity contribution in [2.75, 3.05) is 33.4 Å². The van der Waals surface area contributed by atoms with E-state index in [1.165, 1.54) is 32.4 Å². The van der Waals surface area contributed by atoms with Crippen LogP contribution in [0.25, 0.3) is 20.5 Å². The Morgan fingerprint density at radius 3 is 2.21 bits per heavy atom. The zero-order valence-corrected chi connectivity index (χ0v) is 23.1. The van der Waals surface area contributed by atoms with Crippen LogP contribution in [0.15, 0.2) is 66.7 Å². The number of thiophene rings is 1. The molecule has 0 saturated carbocycles. The van der Waals surface area contributed by atoms with Gasteiger partial charge in [0.1, 0.15) is 23.9 Å². The molecule has 38 heavy (non-hydrogen) atoms. The van der Waals surface area contributed by atoms with E-state index in [0.29, 0.717) is 12.4 Å². The van der Waals surface area contributed by atoms with Gasteiger partial charge in [-0.2, -0.15) is 4.89 Å². The van der Waals surface area contributed by atoms with Gasteiger partial charge in [0.05, 0.1) is 18.1 Å². The summed E-state index contributed by atoms with van der Waals surface area (Å²) >= 11 is 1.66. The van der Waals surface area contributed by atoms with E-state index in [2.05, 4.69) is 17.0 Å². The highest BCUT2D eigenvalue weighted by atomic mass is 32.1. The van der Waals surface area contributed by atoms with Gasteiger partial charge in [0.15, 0.2) is 11.5 Å². The summed E-state index contributed by atoms with van der Waals surface area (Å²) in [5.74, 6) is 3.89. The van der Waals surface area contributed by atoms with Crippen LogP contribution in [-0.2, 0) is 4.89 Å². The molecule has 2 heterocycles. The summed E-state index contributed by atoms with van der Waals surface area (Å²) < 4.78 is 18.9. The van der Waals surface area contributed by atoms with Crippen molar-refractivity contribution >= 4 is 21.4 Å². The van der Waals surface area contributed by atoms with Crippen LogP contribution in [0.4, 0.5) is 0 Å². The first-order valence-corrected chi connectivity index (χ1v) is 14.1. The Hall–Kier alpha value is -3.26. The van der Waals surface area contributed by atoms with Gasteiger partial charge in [-0.15, -0.1) is 11.3 Å². The second-order valence-electron chi connectivity index (χ2n) is 9.70. The lowest BCUT2D eigenvalue weighted by atomic mass is 10.1. The topological polar surface area (TPSA) is 49.4 Å². The number of nitrogens with zero attached hydrogens (tertiary/aromatic N) is 1. The van der Waals surface area contributed by atoms with Gasteiger partial charge < -0.3 is 19.1 Å². The Balaban J connectivity index is 1.35. The zero-order chi connectivity index (χ0) is 26.3. The third-order valence-corrected chi connectivity index (χ3v) is 7.66. The van der Waals surface area contributed by atoms with Crippen LogP contribution in [0.1, 0.15) is 33.1 Å². The molecule has 0 aliphatic carbocycles. The highest BCUT2D eigenvalue weighted by Gasteiger charge is 2.18. The molecule has 6 nitrogen and oxygen atoms in total. The Kier molecular flexibility index (Phi) is 8.68. The highest BCUT2D eigenvalue weighted by Crippen LogP contribution is 2.47. The lowest BCUT2D eigenvalue weighted by molar-refractivity contribution is -0.234. The number of methoxy groups -OCH3 is 1. The Bertz CT molecular complexity index is 1310. The average Bonchev–Trinajstić information content (AvgIpc) is 3.31. The quantitative estimate of drug-likeness (QED) is 0.144. The fraction of sp³-hybridized carbons (Fsp3) is 0.355. The molecule has 0 unspecified atom stereocenters. The molecule has 1 fully saturated rings. The van der Waals surface area contributed by atoms with Crippen molar-refractivity contribution in [1.29, 1.82) is 0 Å². The summed E-state index contributed by atoms with van der Waals surface area (Å²) in [5.41, 5.74) is 1.06. The number of hydrogen-bond acceptors (Lipinski definition) is 7. The average molecular weight is 534 g/mol. The predicted octanol–water partition coefficient (Wildman–Crippen LogP) is 7.95.